The molecular weight excluding hydrogens is 302 g/mol. The molecule has 22 heavy (non-hydrogen) atoms. The van der Waals surface area contributed by atoms with E-state index < -0.39 is 10.8 Å². The van der Waals surface area contributed by atoms with E-state index in [0.717, 1.165) is 11.1 Å². The van der Waals surface area contributed by atoms with E-state index in [-0.39, 0.29) is 5.56 Å². The van der Waals surface area contributed by atoms with Crippen LogP contribution in [0.2, 0.25) is 0 Å². The number of aromatic nitrogens is 5. The van der Waals surface area contributed by atoms with Crippen molar-refractivity contribution < 1.29 is 4.21 Å². The Morgan fingerprint density at radius 3 is 2.45 bits per heavy atom. The number of hydrogen-bond acceptors (Lipinski definition) is 5. The van der Waals surface area contributed by atoms with E-state index in [1.807, 2.05) is 18.2 Å². The Labute approximate surface area is 129 Å². The molecule has 7 nitrogen and oxygen atoms in total. The van der Waals surface area contributed by atoms with Gasteiger partial charge in [-0.3, -0.25) is 9.00 Å². The molecule has 0 N–H and O–H groups in total. The van der Waals surface area contributed by atoms with Gasteiger partial charge >= 0.3 is 0 Å². The summed E-state index contributed by atoms with van der Waals surface area (Å²) in [6, 6.07) is 7.35. The molecule has 2 aromatic heterocycles. The lowest BCUT2D eigenvalue weighted by atomic mass is 10.1. The second-order valence-corrected chi connectivity index (χ2v) is 6.28. The Balaban J connectivity index is 2.14. The van der Waals surface area contributed by atoms with Gasteiger partial charge in [0.25, 0.3) is 5.56 Å². The van der Waals surface area contributed by atoms with Crippen LogP contribution in [0.15, 0.2) is 34.2 Å². The van der Waals surface area contributed by atoms with Crippen LogP contribution in [0.4, 0.5) is 0 Å². The van der Waals surface area contributed by atoms with Crippen LogP contribution in [-0.4, -0.2) is 35.0 Å². The van der Waals surface area contributed by atoms with Gasteiger partial charge in [-0.1, -0.05) is 18.2 Å². The first-order valence-electron chi connectivity index (χ1n) is 6.65. The lowest BCUT2D eigenvalue weighted by Crippen LogP contribution is -2.22. The first-order valence-corrected chi connectivity index (χ1v) is 8.21. The quantitative estimate of drug-likeness (QED) is 0.698. The highest BCUT2D eigenvalue weighted by Crippen LogP contribution is 2.16. The van der Waals surface area contributed by atoms with Gasteiger partial charge in [-0.2, -0.15) is 5.10 Å². The van der Waals surface area contributed by atoms with Crippen molar-refractivity contribution >= 4 is 21.6 Å². The molecular formula is C14H15N5O2S. The van der Waals surface area contributed by atoms with Crippen molar-refractivity contribution in [2.45, 2.75) is 11.6 Å². The van der Waals surface area contributed by atoms with Gasteiger partial charge in [0.05, 0.1) is 28.3 Å². The maximum atomic E-state index is 12.1. The molecule has 0 aliphatic heterocycles. The molecule has 0 bridgehead atoms. The Kier molecular flexibility index (Phi) is 3.61. The number of fused-ring (bicyclic) bond motifs is 1. The van der Waals surface area contributed by atoms with Crippen molar-refractivity contribution in [3.8, 4) is 0 Å². The summed E-state index contributed by atoms with van der Waals surface area (Å²) in [5, 5.41) is 14.2. The zero-order valence-electron chi connectivity index (χ0n) is 12.5. The molecule has 114 valence electrons. The Hall–Kier alpha value is -2.35. The third kappa shape index (κ3) is 2.35. The smallest absolute Gasteiger partial charge is 0.274 e. The monoisotopic (exact) mass is 317 g/mol. The molecule has 3 rings (SSSR count). The molecule has 8 heteroatoms. The van der Waals surface area contributed by atoms with Gasteiger partial charge < -0.3 is 4.57 Å². The largest absolute Gasteiger partial charge is 0.307 e. The minimum atomic E-state index is -1.20. The molecule has 1 aromatic carbocycles. The van der Waals surface area contributed by atoms with Crippen LogP contribution >= 0.6 is 0 Å². The molecule has 3 aromatic rings. The van der Waals surface area contributed by atoms with Crippen molar-refractivity contribution in [3.05, 3.63) is 46.1 Å². The average molecular weight is 317 g/mol. The maximum absolute atomic E-state index is 12.1. The lowest BCUT2D eigenvalue weighted by Gasteiger charge is -2.08. The second-order valence-electron chi connectivity index (χ2n) is 5.01. The molecule has 0 aliphatic carbocycles. The van der Waals surface area contributed by atoms with E-state index in [2.05, 4.69) is 15.3 Å². The van der Waals surface area contributed by atoms with E-state index in [4.69, 9.17) is 0 Å². The summed E-state index contributed by atoms with van der Waals surface area (Å²) in [5.41, 5.74) is 0.606. The standard InChI is InChI=1S/C14H15N5O2S/c1-18-12(15-16-14(18)22(3)21)8-11-9-6-4-5-7-10(9)13(20)19(2)17-11/h4-7H,8H2,1-3H3. The minimum Gasteiger partial charge on any atom is -0.307 e. The van der Waals surface area contributed by atoms with E-state index in [1.165, 1.54) is 4.68 Å². The third-order valence-corrected chi connectivity index (χ3v) is 4.41. The number of rotatable bonds is 3. The van der Waals surface area contributed by atoms with Gasteiger partial charge in [0.15, 0.2) is 0 Å². The molecule has 1 atom stereocenters. The number of aryl methyl sites for hydroxylation is 1. The first-order chi connectivity index (χ1) is 10.5. The summed E-state index contributed by atoms with van der Waals surface area (Å²) in [6.07, 6.45) is 1.98. The van der Waals surface area contributed by atoms with Crippen LogP contribution in [0, 0.1) is 0 Å². The molecule has 0 spiro atoms. The van der Waals surface area contributed by atoms with Crippen molar-refractivity contribution in [1.29, 1.82) is 0 Å². The van der Waals surface area contributed by atoms with Gasteiger partial charge in [-0.05, 0) is 6.07 Å². The highest BCUT2D eigenvalue weighted by molar-refractivity contribution is 7.84. The number of benzene rings is 1. The van der Waals surface area contributed by atoms with Gasteiger partial charge in [0.1, 0.15) is 5.82 Å². The fraction of sp³-hybridized carbons (Fsp3) is 0.286. The third-order valence-electron chi connectivity index (χ3n) is 3.54. The van der Waals surface area contributed by atoms with Crippen molar-refractivity contribution in [1.82, 2.24) is 24.5 Å². The normalized spacial score (nSPS) is 12.7. The summed E-state index contributed by atoms with van der Waals surface area (Å²) < 4.78 is 14.6. The van der Waals surface area contributed by atoms with Crippen molar-refractivity contribution in [2.24, 2.45) is 14.1 Å². The van der Waals surface area contributed by atoms with Crippen LogP contribution in [-0.2, 0) is 31.3 Å². The molecule has 1 unspecified atom stereocenters. The molecule has 0 aliphatic rings. The van der Waals surface area contributed by atoms with Crippen molar-refractivity contribution in [2.75, 3.05) is 6.26 Å². The Bertz CT molecular complexity index is 944. The van der Waals surface area contributed by atoms with Crippen LogP contribution in [0.25, 0.3) is 10.8 Å². The van der Waals surface area contributed by atoms with Crippen LogP contribution in [0.1, 0.15) is 11.5 Å². The van der Waals surface area contributed by atoms with Crippen molar-refractivity contribution in [3.63, 3.8) is 0 Å². The summed E-state index contributed by atoms with van der Waals surface area (Å²) in [6.45, 7) is 0. The van der Waals surface area contributed by atoms with E-state index in [1.54, 1.807) is 31.0 Å². The van der Waals surface area contributed by atoms with E-state index >= 15 is 0 Å². The molecule has 0 amide bonds. The number of hydrogen-bond donors (Lipinski definition) is 0. The van der Waals surface area contributed by atoms with Gasteiger partial charge in [-0.25, -0.2) is 4.68 Å². The summed E-state index contributed by atoms with van der Waals surface area (Å²) >= 11 is 0. The molecule has 0 fully saturated rings. The molecule has 0 radical (unpaired) electrons. The average Bonchev–Trinajstić information content (AvgIpc) is 2.86. The second kappa shape index (κ2) is 5.45. The highest BCUT2D eigenvalue weighted by Gasteiger charge is 2.15. The zero-order valence-corrected chi connectivity index (χ0v) is 13.3. The first kappa shape index (κ1) is 14.6. The lowest BCUT2D eigenvalue weighted by molar-refractivity contribution is 0.660. The van der Waals surface area contributed by atoms with Crippen LogP contribution < -0.4 is 5.56 Å². The fourth-order valence-electron chi connectivity index (χ4n) is 2.41. The highest BCUT2D eigenvalue weighted by atomic mass is 32.2. The summed E-state index contributed by atoms with van der Waals surface area (Å²) in [5.74, 6) is 0.654. The molecule has 2 heterocycles. The van der Waals surface area contributed by atoms with Crippen LogP contribution in [0.3, 0.4) is 0 Å². The van der Waals surface area contributed by atoms with E-state index in [9.17, 15) is 9.00 Å². The van der Waals surface area contributed by atoms with Gasteiger partial charge in [0, 0.05) is 25.7 Å². The summed E-state index contributed by atoms with van der Waals surface area (Å²) in [7, 11) is 2.20. The van der Waals surface area contributed by atoms with E-state index in [0.29, 0.717) is 22.8 Å². The Morgan fingerprint density at radius 2 is 1.82 bits per heavy atom. The fourth-order valence-corrected chi connectivity index (χ4v) is 3.05. The molecule has 0 saturated heterocycles. The maximum Gasteiger partial charge on any atom is 0.274 e. The summed E-state index contributed by atoms with van der Waals surface area (Å²) in [4.78, 5) is 12.1. The Morgan fingerprint density at radius 1 is 1.14 bits per heavy atom. The van der Waals surface area contributed by atoms with Gasteiger partial charge in [-0.15, -0.1) is 10.2 Å². The topological polar surface area (TPSA) is 82.7 Å². The predicted molar refractivity (Wildman–Crippen MR) is 83.1 cm³/mol. The van der Waals surface area contributed by atoms with Gasteiger partial charge in [0.2, 0.25) is 5.16 Å². The molecule has 0 saturated carbocycles. The van der Waals surface area contributed by atoms with Crippen LogP contribution in [0.5, 0.6) is 0 Å². The zero-order chi connectivity index (χ0) is 15.9. The SMILES string of the molecule is Cn1c(Cc2nn(C)c(=O)c3ccccc23)nnc1S(C)=O. The minimum absolute atomic E-state index is 0.132. The predicted octanol–water partition coefficient (Wildman–Crippen LogP) is 0.390. The number of nitrogens with zero attached hydrogens (tertiary/aromatic N) is 5.